The molecular formula is C14H13BrN2O2. The normalized spacial score (nSPS) is 11.9. The summed E-state index contributed by atoms with van der Waals surface area (Å²) in [6.07, 6.45) is 3.47. The predicted octanol–water partition coefficient (Wildman–Crippen LogP) is 3.72. The number of pyridine rings is 1. The summed E-state index contributed by atoms with van der Waals surface area (Å²) >= 11 is 3.35. The Hall–Kier alpha value is -1.88. The van der Waals surface area contributed by atoms with Gasteiger partial charge in [-0.15, -0.1) is 0 Å². The van der Waals surface area contributed by atoms with Crippen molar-refractivity contribution in [1.29, 1.82) is 0 Å². The van der Waals surface area contributed by atoms with E-state index < -0.39 is 5.97 Å². The molecule has 0 aliphatic rings. The zero-order chi connectivity index (χ0) is 13.8. The average molecular weight is 321 g/mol. The van der Waals surface area contributed by atoms with E-state index in [1.807, 2.05) is 19.1 Å². The number of aromatic nitrogens is 1. The topological polar surface area (TPSA) is 62.2 Å². The molecule has 1 unspecified atom stereocenters. The zero-order valence-electron chi connectivity index (χ0n) is 10.3. The van der Waals surface area contributed by atoms with Gasteiger partial charge in [-0.25, -0.2) is 4.79 Å². The Bertz CT molecular complexity index is 587. The highest BCUT2D eigenvalue weighted by atomic mass is 79.9. The smallest absolute Gasteiger partial charge is 0.337 e. The Morgan fingerprint density at radius 3 is 2.84 bits per heavy atom. The van der Waals surface area contributed by atoms with Crippen LogP contribution < -0.4 is 5.32 Å². The molecule has 98 valence electrons. The van der Waals surface area contributed by atoms with Gasteiger partial charge in [0.05, 0.1) is 17.3 Å². The number of carbonyl (C=O) groups is 1. The van der Waals surface area contributed by atoms with Gasteiger partial charge in [-0.05, 0) is 36.8 Å². The molecule has 19 heavy (non-hydrogen) atoms. The lowest BCUT2D eigenvalue weighted by Crippen LogP contribution is -2.10. The number of aromatic carboxylic acids is 1. The third-order valence-electron chi connectivity index (χ3n) is 2.77. The first kappa shape index (κ1) is 13.5. The Kier molecular flexibility index (Phi) is 4.16. The van der Waals surface area contributed by atoms with Crippen LogP contribution in [0, 0.1) is 0 Å². The van der Waals surface area contributed by atoms with E-state index in [0.29, 0.717) is 5.69 Å². The van der Waals surface area contributed by atoms with Gasteiger partial charge in [0.1, 0.15) is 0 Å². The van der Waals surface area contributed by atoms with Gasteiger partial charge in [0, 0.05) is 16.9 Å². The van der Waals surface area contributed by atoms with Crippen molar-refractivity contribution < 1.29 is 9.90 Å². The number of hydrogen-bond donors (Lipinski definition) is 2. The number of nitrogens with zero attached hydrogens (tertiary/aromatic N) is 1. The lowest BCUT2D eigenvalue weighted by atomic mass is 10.1. The largest absolute Gasteiger partial charge is 0.478 e. The van der Waals surface area contributed by atoms with E-state index in [1.165, 1.54) is 0 Å². The second-order valence-electron chi connectivity index (χ2n) is 4.15. The van der Waals surface area contributed by atoms with Gasteiger partial charge in [0.2, 0.25) is 0 Å². The monoisotopic (exact) mass is 320 g/mol. The molecule has 0 radical (unpaired) electrons. The molecule has 4 nitrogen and oxygen atoms in total. The minimum atomic E-state index is -0.951. The van der Waals surface area contributed by atoms with E-state index in [1.54, 1.807) is 30.6 Å². The Morgan fingerprint density at radius 2 is 2.21 bits per heavy atom. The Balaban J connectivity index is 2.28. The quantitative estimate of drug-likeness (QED) is 0.901. The van der Waals surface area contributed by atoms with Crippen LogP contribution in [-0.2, 0) is 0 Å². The highest BCUT2D eigenvalue weighted by Crippen LogP contribution is 2.25. The summed E-state index contributed by atoms with van der Waals surface area (Å²) in [6.45, 7) is 1.96. The van der Waals surface area contributed by atoms with Crippen molar-refractivity contribution >= 4 is 27.6 Å². The third kappa shape index (κ3) is 3.32. The molecule has 1 atom stereocenters. The number of benzene rings is 1. The summed E-state index contributed by atoms with van der Waals surface area (Å²) in [5.41, 5.74) is 1.83. The molecule has 0 fully saturated rings. The van der Waals surface area contributed by atoms with Gasteiger partial charge in [-0.3, -0.25) is 4.98 Å². The van der Waals surface area contributed by atoms with Crippen LogP contribution in [-0.4, -0.2) is 16.1 Å². The zero-order valence-corrected chi connectivity index (χ0v) is 11.9. The van der Waals surface area contributed by atoms with Crippen LogP contribution in [0.5, 0.6) is 0 Å². The van der Waals surface area contributed by atoms with Crippen LogP contribution in [0.4, 0.5) is 5.69 Å². The van der Waals surface area contributed by atoms with Gasteiger partial charge in [0.25, 0.3) is 0 Å². The number of halogens is 1. The van der Waals surface area contributed by atoms with Crippen LogP contribution in [0.1, 0.15) is 28.9 Å². The summed E-state index contributed by atoms with van der Waals surface area (Å²) in [5, 5.41) is 12.4. The molecule has 5 heteroatoms. The highest BCUT2D eigenvalue weighted by molar-refractivity contribution is 9.10. The molecule has 0 aliphatic carbocycles. The molecule has 1 heterocycles. The van der Waals surface area contributed by atoms with Crippen LogP contribution in [0.2, 0.25) is 0 Å². The summed E-state index contributed by atoms with van der Waals surface area (Å²) in [6, 6.07) is 8.82. The Labute approximate surface area is 119 Å². The molecule has 1 aromatic carbocycles. The number of anilines is 1. The second kappa shape index (κ2) is 5.84. The van der Waals surface area contributed by atoms with E-state index >= 15 is 0 Å². The lowest BCUT2D eigenvalue weighted by Gasteiger charge is -2.17. The van der Waals surface area contributed by atoms with Gasteiger partial charge >= 0.3 is 5.97 Å². The molecule has 0 aliphatic heterocycles. The molecule has 0 saturated heterocycles. The fourth-order valence-electron chi connectivity index (χ4n) is 1.77. The Morgan fingerprint density at radius 1 is 1.42 bits per heavy atom. The maximum Gasteiger partial charge on any atom is 0.337 e. The first-order valence-corrected chi connectivity index (χ1v) is 6.56. The van der Waals surface area contributed by atoms with E-state index in [2.05, 4.69) is 26.2 Å². The maximum absolute atomic E-state index is 11.2. The fourth-order valence-corrected chi connectivity index (χ4v) is 2.13. The molecule has 0 bridgehead atoms. The van der Waals surface area contributed by atoms with Gasteiger partial charge in [-0.2, -0.15) is 0 Å². The van der Waals surface area contributed by atoms with Crippen molar-refractivity contribution in [3.8, 4) is 0 Å². The van der Waals surface area contributed by atoms with Crippen molar-refractivity contribution in [3.05, 3.63) is 58.3 Å². The summed E-state index contributed by atoms with van der Waals surface area (Å²) in [4.78, 5) is 15.2. The third-order valence-corrected chi connectivity index (χ3v) is 3.26. The number of hydrogen-bond acceptors (Lipinski definition) is 3. The molecule has 1 aromatic heterocycles. The number of rotatable bonds is 4. The number of carboxylic acid groups (broad SMARTS) is 1. The molecule has 0 saturated carbocycles. The minimum Gasteiger partial charge on any atom is -0.478 e. The molecule has 2 rings (SSSR count). The van der Waals surface area contributed by atoms with Crippen LogP contribution in [0.3, 0.4) is 0 Å². The van der Waals surface area contributed by atoms with Crippen molar-refractivity contribution in [2.45, 2.75) is 13.0 Å². The predicted molar refractivity (Wildman–Crippen MR) is 77.4 cm³/mol. The number of nitrogens with one attached hydrogen (secondary N) is 1. The van der Waals surface area contributed by atoms with E-state index in [4.69, 9.17) is 0 Å². The summed E-state index contributed by atoms with van der Waals surface area (Å²) in [7, 11) is 0. The van der Waals surface area contributed by atoms with E-state index in [0.717, 1.165) is 10.0 Å². The lowest BCUT2D eigenvalue weighted by molar-refractivity contribution is 0.0698. The van der Waals surface area contributed by atoms with Crippen molar-refractivity contribution in [2.24, 2.45) is 0 Å². The molecular weight excluding hydrogens is 308 g/mol. The molecule has 2 aromatic rings. The van der Waals surface area contributed by atoms with Crippen molar-refractivity contribution in [3.63, 3.8) is 0 Å². The second-order valence-corrected chi connectivity index (χ2v) is 5.06. The van der Waals surface area contributed by atoms with Crippen LogP contribution >= 0.6 is 15.9 Å². The molecule has 0 amide bonds. The molecule has 2 N–H and O–H groups in total. The SMILES string of the molecule is CC(Nc1cc(Br)ccc1C(=O)O)c1cccnc1. The number of carboxylic acids is 1. The standard InChI is InChI=1S/C14H13BrN2O2/c1-9(10-3-2-6-16-8-10)17-13-7-11(15)4-5-12(13)14(18)19/h2-9,17H,1H3,(H,18,19). The fraction of sp³-hybridized carbons (Fsp3) is 0.143. The first-order valence-electron chi connectivity index (χ1n) is 5.77. The summed E-state index contributed by atoms with van der Waals surface area (Å²) < 4.78 is 0.832. The van der Waals surface area contributed by atoms with Crippen LogP contribution in [0.15, 0.2) is 47.2 Å². The van der Waals surface area contributed by atoms with E-state index in [-0.39, 0.29) is 11.6 Å². The molecule has 0 spiro atoms. The van der Waals surface area contributed by atoms with Gasteiger partial charge < -0.3 is 10.4 Å². The van der Waals surface area contributed by atoms with Crippen molar-refractivity contribution in [2.75, 3.05) is 5.32 Å². The minimum absolute atomic E-state index is 0.0268. The first-order chi connectivity index (χ1) is 9.08. The average Bonchev–Trinajstić information content (AvgIpc) is 2.39. The van der Waals surface area contributed by atoms with Crippen molar-refractivity contribution in [1.82, 2.24) is 4.98 Å². The van der Waals surface area contributed by atoms with Gasteiger partial charge in [-0.1, -0.05) is 22.0 Å². The van der Waals surface area contributed by atoms with E-state index in [9.17, 15) is 9.90 Å². The van der Waals surface area contributed by atoms with Gasteiger partial charge in [0.15, 0.2) is 0 Å². The highest BCUT2D eigenvalue weighted by Gasteiger charge is 2.13. The van der Waals surface area contributed by atoms with Crippen LogP contribution in [0.25, 0.3) is 0 Å². The summed E-state index contributed by atoms with van der Waals surface area (Å²) in [5.74, 6) is -0.951. The maximum atomic E-state index is 11.2.